The summed E-state index contributed by atoms with van der Waals surface area (Å²) >= 11 is 1.45. The summed E-state index contributed by atoms with van der Waals surface area (Å²) in [5.74, 6) is 0. The summed E-state index contributed by atoms with van der Waals surface area (Å²) in [5.41, 5.74) is 1.86. The number of hydrogen-bond acceptors (Lipinski definition) is 5. The van der Waals surface area contributed by atoms with Crippen LogP contribution in [-0.2, 0) is 6.54 Å². The number of aryl methyl sites for hydroxylation is 1. The first kappa shape index (κ1) is 12.0. The number of aromatic nitrogens is 5. The average Bonchev–Trinajstić information content (AvgIpc) is 3.01. The molecule has 0 saturated carbocycles. The van der Waals surface area contributed by atoms with Gasteiger partial charge in [0.25, 0.3) is 5.56 Å². The third-order valence-corrected chi connectivity index (χ3v) is 4.15. The highest BCUT2D eigenvalue weighted by molar-refractivity contribution is 7.17. The van der Waals surface area contributed by atoms with E-state index in [1.165, 1.54) is 17.7 Å². The molecular formula is C12H13N5OS. The van der Waals surface area contributed by atoms with Crippen molar-refractivity contribution >= 4 is 21.6 Å². The predicted molar refractivity (Wildman–Crippen MR) is 73.4 cm³/mol. The van der Waals surface area contributed by atoms with E-state index in [-0.39, 0.29) is 11.6 Å². The van der Waals surface area contributed by atoms with Crippen LogP contribution in [0.25, 0.3) is 10.2 Å². The summed E-state index contributed by atoms with van der Waals surface area (Å²) in [5, 5.41) is 6.01. The fraction of sp³-hybridized carbons (Fsp3) is 0.333. The third kappa shape index (κ3) is 2.06. The molecular weight excluding hydrogens is 262 g/mol. The Kier molecular flexibility index (Phi) is 2.90. The molecule has 0 radical (unpaired) electrons. The van der Waals surface area contributed by atoms with Gasteiger partial charge in [0.15, 0.2) is 0 Å². The summed E-state index contributed by atoms with van der Waals surface area (Å²) < 4.78 is 4.08. The normalized spacial score (nSPS) is 12.9. The number of nitrogens with zero attached hydrogens (tertiary/aromatic N) is 5. The molecule has 0 aliphatic rings. The quantitative estimate of drug-likeness (QED) is 0.728. The Bertz CT molecular complexity index is 758. The molecule has 3 aromatic heterocycles. The lowest BCUT2D eigenvalue weighted by Crippen LogP contribution is -2.26. The van der Waals surface area contributed by atoms with E-state index in [2.05, 4.69) is 15.1 Å². The smallest absolute Gasteiger partial charge is 0.271 e. The molecule has 6 nitrogen and oxygen atoms in total. The van der Waals surface area contributed by atoms with Crippen molar-refractivity contribution in [2.45, 2.75) is 26.4 Å². The number of fused-ring (bicyclic) bond motifs is 1. The van der Waals surface area contributed by atoms with Crippen LogP contribution < -0.4 is 5.56 Å². The first-order valence-electron chi connectivity index (χ1n) is 5.94. The van der Waals surface area contributed by atoms with E-state index in [0.717, 1.165) is 11.1 Å². The van der Waals surface area contributed by atoms with Crippen LogP contribution in [0.2, 0.25) is 0 Å². The highest BCUT2D eigenvalue weighted by Crippen LogP contribution is 2.20. The summed E-state index contributed by atoms with van der Waals surface area (Å²) in [4.78, 5) is 20.7. The fourth-order valence-corrected chi connectivity index (χ4v) is 2.98. The van der Waals surface area contributed by atoms with Gasteiger partial charge >= 0.3 is 0 Å². The molecule has 98 valence electrons. The minimum absolute atomic E-state index is 0.00992. The van der Waals surface area contributed by atoms with Gasteiger partial charge in [-0.25, -0.2) is 9.97 Å². The number of rotatable bonds is 3. The molecule has 0 saturated heterocycles. The van der Waals surface area contributed by atoms with E-state index in [9.17, 15) is 4.79 Å². The minimum Gasteiger partial charge on any atom is -0.293 e. The van der Waals surface area contributed by atoms with Gasteiger partial charge < -0.3 is 0 Å². The highest BCUT2D eigenvalue weighted by Gasteiger charge is 2.13. The molecule has 0 N–H and O–H groups in total. The number of thiophene rings is 1. The van der Waals surface area contributed by atoms with Crippen LogP contribution >= 0.6 is 11.3 Å². The molecule has 0 bridgehead atoms. The van der Waals surface area contributed by atoms with Crippen LogP contribution in [0.4, 0.5) is 0 Å². The Morgan fingerprint density at radius 3 is 3.00 bits per heavy atom. The molecule has 1 atom stereocenters. The molecule has 0 amide bonds. The molecule has 3 aromatic rings. The highest BCUT2D eigenvalue weighted by atomic mass is 32.1. The van der Waals surface area contributed by atoms with Crippen molar-refractivity contribution in [2.75, 3.05) is 0 Å². The van der Waals surface area contributed by atoms with Gasteiger partial charge in [-0.1, -0.05) is 0 Å². The summed E-state index contributed by atoms with van der Waals surface area (Å²) in [6.07, 6.45) is 4.74. The Hall–Kier alpha value is -2.02. The molecule has 0 aliphatic carbocycles. The SMILES string of the molecule is Cc1csc2c(=O)n([C@@H](C)Cn3cncn3)cnc12. The first-order valence-corrected chi connectivity index (χ1v) is 6.82. The second-order valence-corrected chi connectivity index (χ2v) is 5.40. The maximum absolute atomic E-state index is 12.4. The van der Waals surface area contributed by atoms with Gasteiger partial charge in [-0.05, 0) is 24.8 Å². The zero-order valence-electron chi connectivity index (χ0n) is 10.6. The van der Waals surface area contributed by atoms with Crippen LogP contribution in [0, 0.1) is 6.92 Å². The van der Waals surface area contributed by atoms with E-state index >= 15 is 0 Å². The molecule has 0 spiro atoms. The van der Waals surface area contributed by atoms with Crippen molar-refractivity contribution in [3.63, 3.8) is 0 Å². The Morgan fingerprint density at radius 1 is 1.42 bits per heavy atom. The van der Waals surface area contributed by atoms with E-state index < -0.39 is 0 Å². The zero-order valence-corrected chi connectivity index (χ0v) is 11.5. The maximum atomic E-state index is 12.4. The molecule has 7 heteroatoms. The lowest BCUT2D eigenvalue weighted by atomic mass is 10.3. The minimum atomic E-state index is -0.0199. The Balaban J connectivity index is 2.01. The lowest BCUT2D eigenvalue weighted by Gasteiger charge is -2.14. The largest absolute Gasteiger partial charge is 0.293 e. The molecule has 0 fully saturated rings. The molecule has 19 heavy (non-hydrogen) atoms. The fourth-order valence-electron chi connectivity index (χ4n) is 2.04. The van der Waals surface area contributed by atoms with E-state index in [1.54, 1.807) is 21.9 Å². The standard InChI is InChI=1S/C12H13N5OS/c1-8-4-19-11-10(8)14-7-17(12(11)18)9(2)3-16-6-13-5-15-16/h4-7,9H,3H2,1-2H3/t9-/m0/s1. The summed E-state index contributed by atoms with van der Waals surface area (Å²) in [6.45, 7) is 4.53. The Labute approximate surface area is 113 Å². The monoisotopic (exact) mass is 275 g/mol. The van der Waals surface area contributed by atoms with Gasteiger partial charge in [0.2, 0.25) is 0 Å². The van der Waals surface area contributed by atoms with Gasteiger partial charge in [0.05, 0.1) is 24.4 Å². The molecule has 3 rings (SSSR count). The van der Waals surface area contributed by atoms with Crippen molar-refractivity contribution in [3.05, 3.63) is 40.3 Å². The second kappa shape index (κ2) is 4.58. The Morgan fingerprint density at radius 2 is 2.26 bits per heavy atom. The molecule has 0 unspecified atom stereocenters. The van der Waals surface area contributed by atoms with Gasteiger partial charge in [-0.2, -0.15) is 5.10 Å². The topological polar surface area (TPSA) is 65.6 Å². The van der Waals surface area contributed by atoms with Gasteiger partial charge in [0.1, 0.15) is 17.4 Å². The van der Waals surface area contributed by atoms with Crippen LogP contribution in [0.3, 0.4) is 0 Å². The van der Waals surface area contributed by atoms with E-state index in [4.69, 9.17) is 0 Å². The third-order valence-electron chi connectivity index (χ3n) is 3.07. The van der Waals surface area contributed by atoms with Crippen LogP contribution in [-0.4, -0.2) is 24.3 Å². The van der Waals surface area contributed by atoms with Crippen LogP contribution in [0.1, 0.15) is 18.5 Å². The molecule has 0 aromatic carbocycles. The van der Waals surface area contributed by atoms with Gasteiger partial charge in [-0.15, -0.1) is 11.3 Å². The van der Waals surface area contributed by atoms with E-state index in [1.807, 2.05) is 19.2 Å². The molecule has 0 aliphatic heterocycles. The summed E-state index contributed by atoms with van der Waals surface area (Å²) in [7, 11) is 0. The average molecular weight is 275 g/mol. The van der Waals surface area contributed by atoms with Crippen LogP contribution in [0.5, 0.6) is 0 Å². The van der Waals surface area contributed by atoms with Crippen molar-refractivity contribution in [1.29, 1.82) is 0 Å². The number of hydrogen-bond donors (Lipinski definition) is 0. The van der Waals surface area contributed by atoms with Crippen molar-refractivity contribution in [3.8, 4) is 0 Å². The van der Waals surface area contributed by atoms with Crippen molar-refractivity contribution in [2.24, 2.45) is 0 Å². The van der Waals surface area contributed by atoms with Crippen molar-refractivity contribution < 1.29 is 0 Å². The van der Waals surface area contributed by atoms with Crippen LogP contribution in [0.15, 0.2) is 29.2 Å². The van der Waals surface area contributed by atoms with E-state index in [0.29, 0.717) is 11.2 Å². The zero-order chi connectivity index (χ0) is 13.4. The van der Waals surface area contributed by atoms with Gasteiger partial charge in [0, 0.05) is 0 Å². The first-order chi connectivity index (χ1) is 9.16. The predicted octanol–water partition coefficient (Wildman–Crippen LogP) is 1.62. The maximum Gasteiger partial charge on any atom is 0.271 e. The van der Waals surface area contributed by atoms with Crippen molar-refractivity contribution in [1.82, 2.24) is 24.3 Å². The second-order valence-electron chi connectivity index (χ2n) is 4.52. The van der Waals surface area contributed by atoms with Gasteiger partial charge in [-0.3, -0.25) is 14.0 Å². The summed E-state index contributed by atoms with van der Waals surface area (Å²) in [6, 6.07) is -0.0199. The lowest BCUT2D eigenvalue weighted by molar-refractivity contribution is 0.425. The molecule has 3 heterocycles.